The van der Waals surface area contributed by atoms with Crippen molar-refractivity contribution >= 4 is 39.5 Å². The summed E-state index contributed by atoms with van der Waals surface area (Å²) < 4.78 is 0. The lowest BCUT2D eigenvalue weighted by Gasteiger charge is -2.12. The minimum atomic E-state index is 0.672. The molecule has 0 fully saturated rings. The Balaban J connectivity index is 1.98. The molecule has 0 aliphatic heterocycles. The summed E-state index contributed by atoms with van der Waals surface area (Å²) in [5.41, 5.74) is 4.04. The maximum absolute atomic E-state index is 6.37. The average Bonchev–Trinajstić information content (AvgIpc) is 2.84. The molecule has 3 rings (SSSR count). The quantitative estimate of drug-likeness (QED) is 0.770. The molecule has 0 unspecified atom stereocenters. The fourth-order valence-electron chi connectivity index (χ4n) is 2.21. The van der Waals surface area contributed by atoms with Crippen molar-refractivity contribution in [3.8, 4) is 0 Å². The number of hydrogen-bond donors (Lipinski definition) is 1. The predicted molar refractivity (Wildman–Crippen MR) is 85.7 cm³/mol. The third-order valence-electron chi connectivity index (χ3n) is 3.12. The average molecular weight is 304 g/mol. The number of fused-ring (bicyclic) bond motifs is 1. The number of thiazole rings is 1. The number of halogens is 1. The largest absolute Gasteiger partial charge is 0.377 e. The Hall–Kier alpha value is -1.65. The number of nitrogens with zero attached hydrogens (tertiary/aromatic N) is 2. The molecule has 5 heteroatoms. The molecule has 0 amide bonds. The molecule has 0 spiro atoms. The van der Waals surface area contributed by atoms with Crippen LogP contribution in [0, 0.1) is 13.8 Å². The van der Waals surface area contributed by atoms with E-state index in [9.17, 15) is 0 Å². The van der Waals surface area contributed by atoms with Crippen LogP contribution in [0.4, 0.5) is 5.69 Å². The van der Waals surface area contributed by atoms with E-state index in [-0.39, 0.29) is 0 Å². The lowest BCUT2D eigenvalue weighted by atomic mass is 10.1. The van der Waals surface area contributed by atoms with Crippen LogP contribution in [0.2, 0.25) is 5.02 Å². The van der Waals surface area contributed by atoms with Crippen molar-refractivity contribution in [1.82, 2.24) is 9.97 Å². The highest BCUT2D eigenvalue weighted by Crippen LogP contribution is 2.33. The first kappa shape index (κ1) is 13.3. The molecule has 0 bridgehead atoms. The van der Waals surface area contributed by atoms with Gasteiger partial charge in [0.15, 0.2) is 0 Å². The van der Waals surface area contributed by atoms with Crippen LogP contribution in [0.5, 0.6) is 0 Å². The number of aromatic nitrogens is 2. The smallest absolute Gasteiger partial charge is 0.112 e. The van der Waals surface area contributed by atoms with Gasteiger partial charge in [-0.25, -0.2) is 4.98 Å². The molecule has 3 nitrogen and oxygen atoms in total. The molecule has 3 aromatic rings. The van der Waals surface area contributed by atoms with Crippen molar-refractivity contribution in [3.63, 3.8) is 0 Å². The predicted octanol–water partition coefficient (Wildman–Crippen LogP) is 4.57. The van der Waals surface area contributed by atoms with Crippen LogP contribution in [0.3, 0.4) is 0 Å². The van der Waals surface area contributed by atoms with Crippen LogP contribution in [0.1, 0.15) is 16.3 Å². The van der Waals surface area contributed by atoms with E-state index in [0.29, 0.717) is 6.54 Å². The van der Waals surface area contributed by atoms with Gasteiger partial charge < -0.3 is 5.32 Å². The Kier molecular flexibility index (Phi) is 3.59. The van der Waals surface area contributed by atoms with Crippen molar-refractivity contribution in [2.45, 2.75) is 20.4 Å². The number of anilines is 1. The standard InChI is InChI=1S/C15H14ClN3S/c1-9-6-12(16)15(11-4-3-5-17-14(9)11)18-7-13-19-10(2)8-20-13/h3-6,8,18H,7H2,1-2H3. The second kappa shape index (κ2) is 5.38. The lowest BCUT2D eigenvalue weighted by molar-refractivity contribution is 1.08. The summed E-state index contributed by atoms with van der Waals surface area (Å²) in [7, 11) is 0. The van der Waals surface area contributed by atoms with Gasteiger partial charge in [-0.2, -0.15) is 0 Å². The molecule has 2 aromatic heterocycles. The summed E-state index contributed by atoms with van der Waals surface area (Å²) in [5, 5.41) is 8.26. The van der Waals surface area contributed by atoms with Crippen LogP contribution in [0.25, 0.3) is 10.9 Å². The van der Waals surface area contributed by atoms with Gasteiger partial charge in [0.25, 0.3) is 0 Å². The van der Waals surface area contributed by atoms with E-state index in [1.165, 1.54) is 0 Å². The molecule has 0 saturated carbocycles. The first-order valence-electron chi connectivity index (χ1n) is 6.34. The molecular formula is C15H14ClN3S. The molecule has 1 aromatic carbocycles. The van der Waals surface area contributed by atoms with E-state index in [1.54, 1.807) is 17.5 Å². The minimum Gasteiger partial charge on any atom is -0.377 e. The first-order valence-corrected chi connectivity index (χ1v) is 7.59. The lowest BCUT2D eigenvalue weighted by Crippen LogP contribution is -2.01. The van der Waals surface area contributed by atoms with Crippen LogP contribution in [-0.4, -0.2) is 9.97 Å². The molecule has 0 radical (unpaired) electrons. The SMILES string of the molecule is Cc1csc(CNc2c(Cl)cc(C)c3ncccc23)n1. The van der Waals surface area contributed by atoms with E-state index in [4.69, 9.17) is 11.6 Å². The van der Waals surface area contributed by atoms with Crippen LogP contribution in [0.15, 0.2) is 29.8 Å². The molecule has 2 heterocycles. The van der Waals surface area contributed by atoms with Crippen molar-refractivity contribution in [1.29, 1.82) is 0 Å². The minimum absolute atomic E-state index is 0.672. The van der Waals surface area contributed by atoms with E-state index in [1.807, 2.05) is 37.4 Å². The van der Waals surface area contributed by atoms with Gasteiger partial charge in [0.1, 0.15) is 5.01 Å². The van der Waals surface area contributed by atoms with Gasteiger partial charge in [0, 0.05) is 22.7 Å². The Morgan fingerprint density at radius 1 is 1.35 bits per heavy atom. The molecule has 0 aliphatic rings. The highest BCUT2D eigenvalue weighted by atomic mass is 35.5. The summed E-state index contributed by atoms with van der Waals surface area (Å²) >= 11 is 8.02. The zero-order valence-corrected chi connectivity index (χ0v) is 12.8. The Morgan fingerprint density at radius 2 is 2.20 bits per heavy atom. The number of rotatable bonds is 3. The number of nitrogens with one attached hydrogen (secondary N) is 1. The molecular weight excluding hydrogens is 290 g/mol. The second-order valence-electron chi connectivity index (χ2n) is 4.69. The van der Waals surface area contributed by atoms with E-state index in [2.05, 4.69) is 15.3 Å². The third-order valence-corrected chi connectivity index (χ3v) is 4.38. The zero-order chi connectivity index (χ0) is 14.1. The highest BCUT2D eigenvalue weighted by Gasteiger charge is 2.10. The number of benzene rings is 1. The summed E-state index contributed by atoms with van der Waals surface area (Å²) in [4.78, 5) is 8.88. The van der Waals surface area contributed by atoms with E-state index in [0.717, 1.165) is 37.9 Å². The molecule has 20 heavy (non-hydrogen) atoms. The van der Waals surface area contributed by atoms with Gasteiger partial charge >= 0.3 is 0 Å². The number of aryl methyl sites for hydroxylation is 2. The molecule has 0 aliphatic carbocycles. The van der Waals surface area contributed by atoms with E-state index >= 15 is 0 Å². The van der Waals surface area contributed by atoms with Gasteiger partial charge in [0.2, 0.25) is 0 Å². The summed E-state index contributed by atoms with van der Waals surface area (Å²) in [6.07, 6.45) is 1.80. The maximum Gasteiger partial charge on any atom is 0.112 e. The highest BCUT2D eigenvalue weighted by molar-refractivity contribution is 7.09. The fraction of sp³-hybridized carbons (Fsp3) is 0.200. The summed E-state index contributed by atoms with van der Waals surface area (Å²) in [6, 6.07) is 5.92. The van der Waals surface area contributed by atoms with Gasteiger partial charge in [0.05, 0.1) is 22.8 Å². The van der Waals surface area contributed by atoms with Gasteiger partial charge in [-0.05, 0) is 37.6 Å². The normalized spacial score (nSPS) is 10.9. The van der Waals surface area contributed by atoms with Crippen molar-refractivity contribution in [2.24, 2.45) is 0 Å². The van der Waals surface area contributed by atoms with Crippen LogP contribution >= 0.6 is 22.9 Å². The van der Waals surface area contributed by atoms with E-state index < -0.39 is 0 Å². The van der Waals surface area contributed by atoms with Gasteiger partial charge in [-0.15, -0.1) is 11.3 Å². The number of hydrogen-bond acceptors (Lipinski definition) is 4. The monoisotopic (exact) mass is 303 g/mol. The Labute approximate surface area is 126 Å². The molecule has 0 saturated heterocycles. The Bertz CT molecular complexity index is 767. The second-order valence-corrected chi connectivity index (χ2v) is 6.04. The summed E-state index contributed by atoms with van der Waals surface area (Å²) in [5.74, 6) is 0. The molecule has 0 atom stereocenters. The summed E-state index contributed by atoms with van der Waals surface area (Å²) in [6.45, 7) is 4.69. The van der Waals surface area contributed by atoms with Crippen LogP contribution in [-0.2, 0) is 6.54 Å². The van der Waals surface area contributed by atoms with Crippen molar-refractivity contribution in [3.05, 3.63) is 51.1 Å². The van der Waals surface area contributed by atoms with Gasteiger partial charge in [-0.1, -0.05) is 11.6 Å². The zero-order valence-electron chi connectivity index (χ0n) is 11.3. The molecule has 102 valence electrons. The first-order chi connectivity index (χ1) is 9.65. The maximum atomic E-state index is 6.37. The van der Waals surface area contributed by atoms with Crippen LogP contribution < -0.4 is 5.32 Å². The van der Waals surface area contributed by atoms with Crippen molar-refractivity contribution < 1.29 is 0 Å². The fourth-order valence-corrected chi connectivity index (χ4v) is 3.25. The Morgan fingerprint density at radius 3 is 2.95 bits per heavy atom. The topological polar surface area (TPSA) is 37.8 Å². The van der Waals surface area contributed by atoms with Crippen molar-refractivity contribution in [2.75, 3.05) is 5.32 Å². The molecule has 1 N–H and O–H groups in total. The number of pyridine rings is 1. The third kappa shape index (κ3) is 2.49. The van der Waals surface area contributed by atoms with Gasteiger partial charge in [-0.3, -0.25) is 4.98 Å².